The molecule has 5 heteroatoms. The van der Waals surface area contributed by atoms with Crippen molar-refractivity contribution >= 4 is 0 Å². The van der Waals surface area contributed by atoms with Gasteiger partial charge in [-0.05, 0) is 25.1 Å². The molecule has 0 spiro atoms. The van der Waals surface area contributed by atoms with Gasteiger partial charge in [-0.25, -0.2) is 9.97 Å². The minimum atomic E-state index is -0.853. The van der Waals surface area contributed by atoms with Crippen LogP contribution in [-0.2, 0) is 0 Å². The molecule has 2 aromatic rings. The second kappa shape index (κ2) is 5.77. The summed E-state index contributed by atoms with van der Waals surface area (Å²) < 4.78 is 5.32. The van der Waals surface area contributed by atoms with Gasteiger partial charge in [0.25, 0.3) is 0 Å². The van der Waals surface area contributed by atoms with Gasteiger partial charge in [-0.1, -0.05) is 12.1 Å². The number of nitrogens with zero attached hydrogens (tertiary/aromatic N) is 2. The molecule has 0 radical (unpaired) electrons. The number of aryl methyl sites for hydroxylation is 1. The maximum Gasteiger partial charge on any atom is 0.159 e. The predicted molar refractivity (Wildman–Crippen MR) is 72.8 cm³/mol. The minimum absolute atomic E-state index is 0.0921. The molecule has 100 valence electrons. The van der Waals surface area contributed by atoms with Crippen molar-refractivity contribution < 1.29 is 9.84 Å². The second-order valence-electron chi connectivity index (χ2n) is 4.20. The van der Waals surface area contributed by atoms with Crippen LogP contribution < -0.4 is 10.5 Å². The van der Waals surface area contributed by atoms with Crippen molar-refractivity contribution in [3.05, 3.63) is 41.9 Å². The number of nitrogens with two attached hydrogens (primary N) is 1. The first-order valence-electron chi connectivity index (χ1n) is 6.02. The Balaban J connectivity index is 2.53. The lowest BCUT2D eigenvalue weighted by Crippen LogP contribution is -2.15. The Hall–Kier alpha value is -1.98. The van der Waals surface area contributed by atoms with Crippen LogP contribution in [0.2, 0.25) is 0 Å². The van der Waals surface area contributed by atoms with Gasteiger partial charge in [-0.15, -0.1) is 0 Å². The van der Waals surface area contributed by atoms with Crippen molar-refractivity contribution in [1.29, 1.82) is 0 Å². The zero-order chi connectivity index (χ0) is 13.8. The van der Waals surface area contributed by atoms with Gasteiger partial charge in [0.1, 0.15) is 11.9 Å². The summed E-state index contributed by atoms with van der Waals surface area (Å²) in [7, 11) is 1.61. The number of aliphatic hydroxyl groups is 1. The first-order chi connectivity index (χ1) is 9.15. The number of benzene rings is 1. The lowest BCUT2D eigenvalue weighted by atomic mass is 10.1. The van der Waals surface area contributed by atoms with Gasteiger partial charge in [-0.2, -0.15) is 0 Å². The van der Waals surface area contributed by atoms with Crippen molar-refractivity contribution in [2.75, 3.05) is 13.7 Å². The molecule has 2 rings (SSSR count). The van der Waals surface area contributed by atoms with Gasteiger partial charge in [0.2, 0.25) is 0 Å². The predicted octanol–water partition coefficient (Wildman–Crippen LogP) is 1.45. The number of aliphatic hydroxyl groups excluding tert-OH is 1. The number of aromatic nitrogens is 2. The van der Waals surface area contributed by atoms with Crippen LogP contribution in [0.25, 0.3) is 11.3 Å². The van der Waals surface area contributed by atoms with E-state index in [2.05, 4.69) is 9.97 Å². The van der Waals surface area contributed by atoms with Crippen LogP contribution in [0.5, 0.6) is 5.75 Å². The maximum absolute atomic E-state index is 9.77. The van der Waals surface area contributed by atoms with Crippen molar-refractivity contribution in [2.24, 2.45) is 5.73 Å². The molecule has 1 aromatic heterocycles. The Bertz CT molecular complexity index is 572. The van der Waals surface area contributed by atoms with Crippen LogP contribution in [0.4, 0.5) is 0 Å². The van der Waals surface area contributed by atoms with Crippen LogP contribution in [0.1, 0.15) is 17.6 Å². The Labute approximate surface area is 112 Å². The van der Waals surface area contributed by atoms with Gasteiger partial charge in [0, 0.05) is 17.8 Å². The number of hydrogen-bond acceptors (Lipinski definition) is 5. The third-order valence-corrected chi connectivity index (χ3v) is 2.78. The van der Waals surface area contributed by atoms with E-state index in [1.54, 1.807) is 7.11 Å². The van der Waals surface area contributed by atoms with Crippen LogP contribution in [0.3, 0.4) is 0 Å². The van der Waals surface area contributed by atoms with Crippen LogP contribution in [-0.4, -0.2) is 28.7 Å². The van der Waals surface area contributed by atoms with E-state index in [0.717, 1.165) is 17.0 Å². The molecular formula is C14H17N3O2. The molecule has 0 saturated carbocycles. The van der Waals surface area contributed by atoms with Gasteiger partial charge >= 0.3 is 0 Å². The Morgan fingerprint density at radius 2 is 2.05 bits per heavy atom. The topological polar surface area (TPSA) is 81.3 Å². The number of rotatable bonds is 4. The smallest absolute Gasteiger partial charge is 0.159 e. The molecule has 0 aliphatic carbocycles. The molecule has 0 saturated heterocycles. The summed E-state index contributed by atoms with van der Waals surface area (Å²) in [6.45, 7) is 1.95. The van der Waals surface area contributed by atoms with E-state index in [0.29, 0.717) is 11.5 Å². The fourth-order valence-electron chi connectivity index (χ4n) is 1.84. The highest BCUT2D eigenvalue weighted by Crippen LogP contribution is 2.28. The van der Waals surface area contributed by atoms with Gasteiger partial charge in [0.05, 0.1) is 12.8 Å². The number of para-hydroxylation sites is 1. The Morgan fingerprint density at radius 1 is 1.32 bits per heavy atom. The molecule has 0 bridgehead atoms. The summed E-state index contributed by atoms with van der Waals surface area (Å²) in [5.74, 6) is 1.07. The quantitative estimate of drug-likeness (QED) is 0.868. The van der Waals surface area contributed by atoms with Gasteiger partial charge in [0.15, 0.2) is 5.82 Å². The maximum atomic E-state index is 9.77. The Morgan fingerprint density at radius 3 is 2.74 bits per heavy atom. The third-order valence-electron chi connectivity index (χ3n) is 2.78. The average molecular weight is 259 g/mol. The number of ether oxygens (including phenoxy) is 1. The SMILES string of the molecule is COc1ccccc1-c1cc(C)nc(C(O)CN)n1. The monoisotopic (exact) mass is 259 g/mol. The van der Waals surface area contributed by atoms with E-state index < -0.39 is 6.10 Å². The largest absolute Gasteiger partial charge is 0.496 e. The molecule has 1 aromatic carbocycles. The van der Waals surface area contributed by atoms with Crippen LogP contribution in [0.15, 0.2) is 30.3 Å². The Kier molecular flexibility index (Phi) is 4.09. The van der Waals surface area contributed by atoms with Crippen LogP contribution >= 0.6 is 0 Å². The second-order valence-corrected chi connectivity index (χ2v) is 4.20. The normalized spacial score (nSPS) is 12.2. The van der Waals surface area contributed by atoms with Crippen molar-refractivity contribution in [2.45, 2.75) is 13.0 Å². The van der Waals surface area contributed by atoms with Crippen molar-refractivity contribution in [3.8, 4) is 17.0 Å². The molecule has 0 fully saturated rings. The molecule has 19 heavy (non-hydrogen) atoms. The fraction of sp³-hybridized carbons (Fsp3) is 0.286. The zero-order valence-corrected chi connectivity index (χ0v) is 11.0. The molecule has 3 N–H and O–H groups in total. The first-order valence-corrected chi connectivity index (χ1v) is 6.02. The number of hydrogen-bond donors (Lipinski definition) is 2. The standard InChI is InChI=1S/C14H17N3O2/c1-9-7-11(17-14(16-9)12(18)8-15)10-5-3-4-6-13(10)19-2/h3-7,12,18H,8,15H2,1-2H3. The molecule has 5 nitrogen and oxygen atoms in total. The van der Waals surface area contributed by atoms with Gasteiger partial charge < -0.3 is 15.6 Å². The van der Waals surface area contributed by atoms with Crippen LogP contribution in [0, 0.1) is 6.92 Å². The summed E-state index contributed by atoms with van der Waals surface area (Å²) in [4.78, 5) is 8.57. The first kappa shape index (κ1) is 13.5. The minimum Gasteiger partial charge on any atom is -0.496 e. The highest BCUT2D eigenvalue weighted by molar-refractivity contribution is 5.67. The average Bonchev–Trinajstić information content (AvgIpc) is 2.45. The van der Waals surface area contributed by atoms with Crippen molar-refractivity contribution in [1.82, 2.24) is 9.97 Å². The summed E-state index contributed by atoms with van der Waals surface area (Å²) in [5, 5.41) is 9.77. The molecule has 0 aliphatic rings. The van der Waals surface area contributed by atoms with E-state index >= 15 is 0 Å². The zero-order valence-electron chi connectivity index (χ0n) is 11.0. The molecular weight excluding hydrogens is 242 g/mol. The number of methoxy groups -OCH3 is 1. The highest BCUT2D eigenvalue weighted by Gasteiger charge is 2.13. The summed E-state index contributed by atoms with van der Waals surface area (Å²) >= 11 is 0. The highest BCUT2D eigenvalue weighted by atomic mass is 16.5. The fourth-order valence-corrected chi connectivity index (χ4v) is 1.84. The van der Waals surface area contributed by atoms with E-state index in [1.165, 1.54) is 0 Å². The van der Waals surface area contributed by atoms with E-state index in [1.807, 2.05) is 37.3 Å². The molecule has 0 aliphatic heterocycles. The third kappa shape index (κ3) is 2.89. The van der Waals surface area contributed by atoms with Gasteiger partial charge in [-0.3, -0.25) is 0 Å². The summed E-state index contributed by atoms with van der Waals surface area (Å²) in [5.41, 5.74) is 7.80. The van der Waals surface area contributed by atoms with E-state index in [4.69, 9.17) is 10.5 Å². The summed E-state index contributed by atoms with van der Waals surface area (Å²) in [6.07, 6.45) is -0.853. The molecule has 0 amide bonds. The lowest BCUT2D eigenvalue weighted by Gasteiger charge is -2.12. The molecule has 1 unspecified atom stereocenters. The lowest BCUT2D eigenvalue weighted by molar-refractivity contribution is 0.176. The van der Waals surface area contributed by atoms with Crippen molar-refractivity contribution in [3.63, 3.8) is 0 Å². The van der Waals surface area contributed by atoms with E-state index in [-0.39, 0.29) is 6.54 Å². The molecule has 1 heterocycles. The summed E-state index contributed by atoms with van der Waals surface area (Å²) in [6, 6.07) is 9.44. The van der Waals surface area contributed by atoms with E-state index in [9.17, 15) is 5.11 Å². The molecule has 1 atom stereocenters.